The van der Waals surface area contributed by atoms with Gasteiger partial charge < -0.3 is 5.32 Å². The molecule has 0 amide bonds. The van der Waals surface area contributed by atoms with Gasteiger partial charge in [0, 0.05) is 5.54 Å². The second-order valence-electron chi connectivity index (χ2n) is 5.96. The molecule has 4 heteroatoms. The predicted octanol–water partition coefficient (Wildman–Crippen LogP) is 1.84. The van der Waals surface area contributed by atoms with Crippen molar-refractivity contribution in [2.45, 2.75) is 46.1 Å². The first kappa shape index (κ1) is 14.0. The van der Waals surface area contributed by atoms with Crippen LogP contribution in [0, 0.1) is 11.8 Å². The Balaban J connectivity index is 2.50. The SMILES string of the molecule is CCC(CNC(C)(C)C)C1CCS(=O)(=O)C1. The Kier molecular flexibility index (Phi) is 4.41. The molecular formula is C12H25NO2S. The molecule has 3 nitrogen and oxygen atoms in total. The van der Waals surface area contributed by atoms with Crippen LogP contribution in [0.3, 0.4) is 0 Å². The van der Waals surface area contributed by atoms with Crippen LogP contribution < -0.4 is 5.32 Å². The van der Waals surface area contributed by atoms with Crippen molar-refractivity contribution in [2.24, 2.45) is 11.8 Å². The maximum absolute atomic E-state index is 11.4. The fourth-order valence-electron chi connectivity index (χ4n) is 2.28. The molecule has 1 aliphatic heterocycles. The van der Waals surface area contributed by atoms with E-state index < -0.39 is 9.84 Å². The van der Waals surface area contributed by atoms with Gasteiger partial charge in [-0.25, -0.2) is 8.42 Å². The molecule has 2 atom stereocenters. The maximum Gasteiger partial charge on any atom is 0.150 e. The minimum absolute atomic E-state index is 0.116. The summed E-state index contributed by atoms with van der Waals surface area (Å²) in [6.07, 6.45) is 1.91. The van der Waals surface area contributed by atoms with Gasteiger partial charge in [-0.3, -0.25) is 0 Å². The van der Waals surface area contributed by atoms with Crippen LogP contribution in [0.5, 0.6) is 0 Å². The minimum Gasteiger partial charge on any atom is -0.312 e. The van der Waals surface area contributed by atoms with Gasteiger partial charge in [-0.2, -0.15) is 0 Å². The van der Waals surface area contributed by atoms with Crippen LogP contribution >= 0.6 is 0 Å². The van der Waals surface area contributed by atoms with Crippen molar-refractivity contribution in [2.75, 3.05) is 18.1 Å². The van der Waals surface area contributed by atoms with Crippen LogP contribution in [0.4, 0.5) is 0 Å². The second kappa shape index (κ2) is 5.05. The van der Waals surface area contributed by atoms with E-state index in [9.17, 15) is 8.42 Å². The summed E-state index contributed by atoms with van der Waals surface area (Å²) >= 11 is 0. The quantitative estimate of drug-likeness (QED) is 0.824. The normalized spacial score (nSPS) is 26.9. The van der Waals surface area contributed by atoms with Crippen molar-refractivity contribution < 1.29 is 8.42 Å². The summed E-state index contributed by atoms with van der Waals surface area (Å²) in [6, 6.07) is 0. The highest BCUT2D eigenvalue weighted by atomic mass is 32.2. The summed E-state index contributed by atoms with van der Waals surface area (Å²) < 4.78 is 22.9. The monoisotopic (exact) mass is 247 g/mol. The smallest absolute Gasteiger partial charge is 0.150 e. The topological polar surface area (TPSA) is 46.2 Å². The zero-order valence-electron chi connectivity index (χ0n) is 10.9. The van der Waals surface area contributed by atoms with Crippen molar-refractivity contribution in [1.82, 2.24) is 5.32 Å². The van der Waals surface area contributed by atoms with E-state index in [0.29, 0.717) is 23.3 Å². The summed E-state index contributed by atoms with van der Waals surface area (Å²) in [4.78, 5) is 0. The Labute approximate surface area is 99.9 Å². The molecular weight excluding hydrogens is 222 g/mol. The highest BCUT2D eigenvalue weighted by Crippen LogP contribution is 2.28. The highest BCUT2D eigenvalue weighted by molar-refractivity contribution is 7.91. The minimum atomic E-state index is -2.73. The largest absolute Gasteiger partial charge is 0.312 e. The Morgan fingerprint density at radius 2 is 2.00 bits per heavy atom. The molecule has 0 aromatic rings. The number of rotatable bonds is 4. The number of sulfone groups is 1. The number of hydrogen-bond acceptors (Lipinski definition) is 3. The fraction of sp³-hybridized carbons (Fsp3) is 1.00. The first-order valence-electron chi connectivity index (χ1n) is 6.19. The Morgan fingerprint density at radius 3 is 2.38 bits per heavy atom. The summed E-state index contributed by atoms with van der Waals surface area (Å²) in [6.45, 7) is 9.52. The molecule has 1 heterocycles. The van der Waals surface area contributed by atoms with E-state index in [-0.39, 0.29) is 5.54 Å². The molecule has 1 fully saturated rings. The number of nitrogens with one attached hydrogen (secondary N) is 1. The van der Waals surface area contributed by atoms with E-state index in [2.05, 4.69) is 33.0 Å². The van der Waals surface area contributed by atoms with Crippen molar-refractivity contribution in [3.63, 3.8) is 0 Å². The molecule has 1 rings (SSSR count). The zero-order chi connectivity index (χ0) is 12.4. The van der Waals surface area contributed by atoms with Gasteiger partial charge >= 0.3 is 0 Å². The molecule has 0 spiro atoms. The van der Waals surface area contributed by atoms with Crippen molar-refractivity contribution in [3.05, 3.63) is 0 Å². The average molecular weight is 247 g/mol. The van der Waals surface area contributed by atoms with Gasteiger partial charge in [-0.05, 0) is 45.6 Å². The van der Waals surface area contributed by atoms with Crippen LogP contribution in [0.25, 0.3) is 0 Å². The number of hydrogen-bond donors (Lipinski definition) is 1. The average Bonchev–Trinajstić information content (AvgIpc) is 2.45. The first-order valence-corrected chi connectivity index (χ1v) is 8.01. The summed E-state index contributed by atoms with van der Waals surface area (Å²) in [5.41, 5.74) is 0.116. The lowest BCUT2D eigenvalue weighted by Crippen LogP contribution is -2.40. The predicted molar refractivity (Wildman–Crippen MR) is 68.3 cm³/mol. The molecule has 1 N–H and O–H groups in total. The second-order valence-corrected chi connectivity index (χ2v) is 8.19. The lowest BCUT2D eigenvalue weighted by atomic mass is 9.89. The lowest BCUT2D eigenvalue weighted by Gasteiger charge is -2.27. The van der Waals surface area contributed by atoms with Crippen LogP contribution in [0.15, 0.2) is 0 Å². The summed E-state index contributed by atoms with van der Waals surface area (Å²) in [5, 5.41) is 3.48. The third-order valence-corrected chi connectivity index (χ3v) is 5.15. The molecule has 0 saturated carbocycles. The van der Waals surface area contributed by atoms with Gasteiger partial charge in [0.05, 0.1) is 11.5 Å². The van der Waals surface area contributed by atoms with E-state index in [4.69, 9.17) is 0 Å². The van der Waals surface area contributed by atoms with Crippen molar-refractivity contribution in [1.29, 1.82) is 0 Å². The maximum atomic E-state index is 11.4. The van der Waals surface area contributed by atoms with Gasteiger partial charge in [0.25, 0.3) is 0 Å². The molecule has 0 aromatic carbocycles. The van der Waals surface area contributed by atoms with E-state index in [1.54, 1.807) is 0 Å². The first-order chi connectivity index (χ1) is 7.23. The molecule has 96 valence electrons. The molecule has 2 unspecified atom stereocenters. The van der Waals surface area contributed by atoms with Crippen molar-refractivity contribution >= 4 is 9.84 Å². The van der Waals surface area contributed by atoms with Gasteiger partial charge in [0.15, 0.2) is 9.84 Å². The van der Waals surface area contributed by atoms with Gasteiger partial charge in [0.1, 0.15) is 0 Å². The molecule has 0 radical (unpaired) electrons. The van der Waals surface area contributed by atoms with Gasteiger partial charge in [0.2, 0.25) is 0 Å². The fourth-order valence-corrected chi connectivity index (χ4v) is 4.20. The van der Waals surface area contributed by atoms with Gasteiger partial charge in [-0.1, -0.05) is 13.3 Å². The zero-order valence-corrected chi connectivity index (χ0v) is 11.7. The standard InChI is InChI=1S/C12H25NO2S/c1-5-10(8-13-12(2,3)4)11-6-7-16(14,15)9-11/h10-11,13H,5-9H2,1-4H3. The summed E-state index contributed by atoms with van der Waals surface area (Å²) in [5.74, 6) is 1.66. The molecule has 1 aliphatic rings. The lowest BCUT2D eigenvalue weighted by molar-refractivity contribution is 0.296. The van der Waals surface area contributed by atoms with Crippen LogP contribution in [-0.2, 0) is 9.84 Å². The van der Waals surface area contributed by atoms with E-state index in [0.717, 1.165) is 19.4 Å². The third kappa shape index (κ3) is 4.42. The van der Waals surface area contributed by atoms with E-state index >= 15 is 0 Å². The molecule has 16 heavy (non-hydrogen) atoms. The molecule has 0 bridgehead atoms. The molecule has 0 aromatic heterocycles. The van der Waals surface area contributed by atoms with Gasteiger partial charge in [-0.15, -0.1) is 0 Å². The summed E-state index contributed by atoms with van der Waals surface area (Å²) in [7, 11) is -2.73. The Hall–Kier alpha value is -0.0900. The van der Waals surface area contributed by atoms with E-state index in [1.165, 1.54) is 0 Å². The van der Waals surface area contributed by atoms with Crippen molar-refractivity contribution in [3.8, 4) is 0 Å². The molecule has 1 saturated heterocycles. The van der Waals surface area contributed by atoms with Crippen LogP contribution in [0.1, 0.15) is 40.5 Å². The van der Waals surface area contributed by atoms with Crippen LogP contribution in [-0.4, -0.2) is 32.0 Å². The van der Waals surface area contributed by atoms with Crippen LogP contribution in [0.2, 0.25) is 0 Å². The Bertz CT molecular complexity index is 316. The van der Waals surface area contributed by atoms with E-state index in [1.807, 2.05) is 0 Å². The molecule has 0 aliphatic carbocycles. The Morgan fingerprint density at radius 1 is 1.38 bits per heavy atom. The third-order valence-electron chi connectivity index (χ3n) is 3.35. The highest BCUT2D eigenvalue weighted by Gasteiger charge is 2.33.